The Morgan fingerprint density at radius 1 is 0.767 bits per heavy atom. The summed E-state index contributed by atoms with van der Waals surface area (Å²) < 4.78 is 26.7. The number of rotatable bonds is 5. The molecule has 1 aliphatic carbocycles. The van der Waals surface area contributed by atoms with Gasteiger partial charge in [-0.1, -0.05) is 30.3 Å². The minimum atomic E-state index is -3.49. The molecule has 0 spiro atoms. The van der Waals surface area contributed by atoms with Gasteiger partial charge >= 0.3 is 0 Å². The second-order valence-corrected chi connectivity index (χ2v) is 10.2. The Kier molecular flexibility index (Phi) is 6.24. The molecule has 2 amide bonds. The molecule has 2 heterocycles. The summed E-state index contributed by atoms with van der Waals surface area (Å²) in [6.07, 6.45) is 4.69. The molecule has 0 unspecified atom stereocenters. The van der Waals surface area contributed by atoms with Crippen LogP contribution in [0, 0.1) is 11.8 Å². The lowest BCUT2D eigenvalue weighted by Gasteiger charge is -2.38. The molecule has 0 aromatic heterocycles. The summed E-state index contributed by atoms with van der Waals surface area (Å²) in [5, 5.41) is 1.25. The summed E-state index contributed by atoms with van der Waals surface area (Å²) in [6, 6.07) is 9.33. The van der Waals surface area contributed by atoms with E-state index in [4.69, 9.17) is 0 Å². The summed E-state index contributed by atoms with van der Waals surface area (Å²) in [5.74, 6) is 0.421. The molecule has 1 saturated carbocycles. The standard InChI is InChI=1S/C22H29N3O4S/c26-21(19-6-7-19)23-13-15-24(16-14-23)22(27)20-8-11-25(12-9-20)30(28,29)17-10-18-4-2-1-3-5-18/h1-5,10,17,19-20H,6-9,11-16H2/b17-10+. The lowest BCUT2D eigenvalue weighted by molar-refractivity contribution is -0.143. The number of sulfonamides is 1. The van der Waals surface area contributed by atoms with Crippen molar-refractivity contribution in [1.29, 1.82) is 0 Å². The Labute approximate surface area is 178 Å². The van der Waals surface area contributed by atoms with Crippen LogP contribution >= 0.6 is 0 Å². The zero-order valence-electron chi connectivity index (χ0n) is 17.2. The lowest BCUT2D eigenvalue weighted by Crippen LogP contribution is -2.53. The highest BCUT2D eigenvalue weighted by Gasteiger charge is 2.37. The first kappa shape index (κ1) is 21.1. The largest absolute Gasteiger partial charge is 0.339 e. The zero-order chi connectivity index (χ0) is 21.1. The van der Waals surface area contributed by atoms with Crippen LogP contribution in [-0.2, 0) is 19.6 Å². The van der Waals surface area contributed by atoms with Crippen LogP contribution in [0.3, 0.4) is 0 Å². The van der Waals surface area contributed by atoms with E-state index in [1.54, 1.807) is 6.08 Å². The van der Waals surface area contributed by atoms with Gasteiger partial charge in [-0.2, -0.15) is 4.31 Å². The fourth-order valence-corrected chi connectivity index (χ4v) is 5.39. The first-order valence-corrected chi connectivity index (χ1v) is 12.3. The monoisotopic (exact) mass is 431 g/mol. The van der Waals surface area contributed by atoms with E-state index in [9.17, 15) is 18.0 Å². The van der Waals surface area contributed by atoms with E-state index in [2.05, 4.69) is 0 Å². The number of carbonyl (C=O) groups excluding carboxylic acids is 2. The van der Waals surface area contributed by atoms with Crippen molar-refractivity contribution in [2.24, 2.45) is 11.8 Å². The highest BCUT2D eigenvalue weighted by molar-refractivity contribution is 7.92. The van der Waals surface area contributed by atoms with E-state index < -0.39 is 10.0 Å². The van der Waals surface area contributed by atoms with Crippen LogP contribution in [-0.4, -0.2) is 73.6 Å². The van der Waals surface area contributed by atoms with E-state index in [0.717, 1.165) is 18.4 Å². The van der Waals surface area contributed by atoms with Gasteiger partial charge in [0.1, 0.15) is 0 Å². The average molecular weight is 432 g/mol. The van der Waals surface area contributed by atoms with Crippen molar-refractivity contribution in [3.05, 3.63) is 41.3 Å². The van der Waals surface area contributed by atoms with Crippen molar-refractivity contribution in [1.82, 2.24) is 14.1 Å². The minimum Gasteiger partial charge on any atom is -0.339 e. The predicted octanol–water partition coefficient (Wildman–Crippen LogP) is 1.78. The molecule has 3 fully saturated rings. The van der Waals surface area contributed by atoms with Crippen molar-refractivity contribution in [3.63, 3.8) is 0 Å². The molecule has 2 saturated heterocycles. The van der Waals surface area contributed by atoms with Crippen LogP contribution < -0.4 is 0 Å². The van der Waals surface area contributed by atoms with Crippen LogP contribution in [0.25, 0.3) is 6.08 Å². The molecule has 1 aromatic carbocycles. The van der Waals surface area contributed by atoms with Gasteiger partial charge in [-0.3, -0.25) is 9.59 Å². The second-order valence-electron chi connectivity index (χ2n) is 8.36. The molecule has 0 atom stereocenters. The maximum atomic E-state index is 12.9. The molecule has 8 heteroatoms. The minimum absolute atomic E-state index is 0.102. The SMILES string of the molecule is O=C(C1CC1)N1CCN(C(=O)C2CCN(S(=O)(=O)/C=C/c3ccccc3)CC2)CC1. The van der Waals surface area contributed by atoms with Crippen molar-refractivity contribution in [3.8, 4) is 0 Å². The summed E-state index contributed by atoms with van der Waals surface area (Å²) in [4.78, 5) is 28.8. The van der Waals surface area contributed by atoms with Crippen LogP contribution in [0.2, 0.25) is 0 Å². The van der Waals surface area contributed by atoms with Gasteiger partial charge in [-0.05, 0) is 37.3 Å². The van der Waals surface area contributed by atoms with Gasteiger partial charge in [-0.25, -0.2) is 8.42 Å². The summed E-state index contributed by atoms with van der Waals surface area (Å²) in [6.45, 7) is 3.10. The highest BCUT2D eigenvalue weighted by Crippen LogP contribution is 2.31. The van der Waals surface area contributed by atoms with Gasteiger partial charge in [0.2, 0.25) is 21.8 Å². The van der Waals surface area contributed by atoms with Crippen LogP contribution in [0.5, 0.6) is 0 Å². The van der Waals surface area contributed by atoms with Crippen molar-refractivity contribution < 1.29 is 18.0 Å². The second kappa shape index (κ2) is 8.89. The van der Waals surface area contributed by atoms with Gasteiger partial charge in [-0.15, -0.1) is 0 Å². The number of carbonyl (C=O) groups is 2. The van der Waals surface area contributed by atoms with Gasteiger partial charge in [0.15, 0.2) is 0 Å². The molecule has 2 aliphatic heterocycles. The number of amides is 2. The van der Waals surface area contributed by atoms with E-state index in [1.807, 2.05) is 40.1 Å². The molecule has 1 aromatic rings. The summed E-state index contributed by atoms with van der Waals surface area (Å²) in [5.41, 5.74) is 0.838. The Balaban J connectivity index is 1.26. The third-order valence-corrected chi connectivity index (χ3v) is 7.79. The number of piperazine rings is 1. The van der Waals surface area contributed by atoms with Gasteiger partial charge in [0.05, 0.1) is 0 Å². The third kappa shape index (κ3) is 4.92. The predicted molar refractivity (Wildman–Crippen MR) is 115 cm³/mol. The van der Waals surface area contributed by atoms with E-state index >= 15 is 0 Å². The van der Waals surface area contributed by atoms with E-state index in [0.29, 0.717) is 52.1 Å². The molecular weight excluding hydrogens is 402 g/mol. The molecule has 3 aliphatic rings. The number of hydrogen-bond acceptors (Lipinski definition) is 4. The maximum Gasteiger partial charge on any atom is 0.236 e. The van der Waals surface area contributed by atoms with Crippen molar-refractivity contribution in [2.45, 2.75) is 25.7 Å². The topological polar surface area (TPSA) is 78.0 Å². The van der Waals surface area contributed by atoms with Crippen LogP contribution in [0.1, 0.15) is 31.2 Å². The number of nitrogens with zero attached hydrogens (tertiary/aromatic N) is 3. The van der Waals surface area contributed by atoms with Crippen molar-refractivity contribution >= 4 is 27.9 Å². The fraction of sp³-hybridized carbons (Fsp3) is 0.545. The molecule has 162 valence electrons. The van der Waals surface area contributed by atoms with E-state index in [1.165, 1.54) is 9.71 Å². The number of piperidine rings is 1. The van der Waals surface area contributed by atoms with E-state index in [-0.39, 0.29) is 23.7 Å². The molecule has 4 rings (SSSR count). The van der Waals surface area contributed by atoms with Gasteiger partial charge in [0, 0.05) is 56.5 Å². The Morgan fingerprint density at radius 2 is 1.27 bits per heavy atom. The average Bonchev–Trinajstić information content (AvgIpc) is 3.63. The summed E-state index contributed by atoms with van der Waals surface area (Å²) >= 11 is 0. The van der Waals surface area contributed by atoms with Crippen LogP contribution in [0.4, 0.5) is 0 Å². The molecule has 30 heavy (non-hydrogen) atoms. The normalized spacial score (nSPS) is 21.9. The molecule has 0 N–H and O–H groups in total. The first-order valence-electron chi connectivity index (χ1n) is 10.7. The molecule has 0 radical (unpaired) electrons. The summed E-state index contributed by atoms with van der Waals surface area (Å²) in [7, 11) is -3.49. The first-order chi connectivity index (χ1) is 14.4. The van der Waals surface area contributed by atoms with Crippen molar-refractivity contribution in [2.75, 3.05) is 39.3 Å². The Bertz CT molecular complexity index is 896. The number of hydrogen-bond donors (Lipinski definition) is 0. The van der Waals surface area contributed by atoms with Crippen LogP contribution in [0.15, 0.2) is 35.7 Å². The molecular formula is C22H29N3O4S. The maximum absolute atomic E-state index is 12.9. The molecule has 7 nitrogen and oxygen atoms in total. The fourth-order valence-electron chi connectivity index (χ4n) is 4.17. The van der Waals surface area contributed by atoms with Gasteiger partial charge in [0.25, 0.3) is 0 Å². The zero-order valence-corrected chi connectivity index (χ0v) is 18.0. The Hall–Kier alpha value is -2.19. The molecule has 0 bridgehead atoms. The smallest absolute Gasteiger partial charge is 0.236 e. The number of benzene rings is 1. The Morgan fingerprint density at radius 3 is 1.77 bits per heavy atom. The third-order valence-electron chi connectivity index (χ3n) is 6.22. The highest BCUT2D eigenvalue weighted by atomic mass is 32.2. The van der Waals surface area contributed by atoms with Gasteiger partial charge < -0.3 is 9.80 Å². The lowest BCUT2D eigenvalue weighted by atomic mass is 9.96. The quantitative estimate of drug-likeness (QED) is 0.712.